The van der Waals surface area contributed by atoms with Crippen molar-refractivity contribution in [1.82, 2.24) is 0 Å². The van der Waals surface area contributed by atoms with E-state index in [1.54, 1.807) is 24.3 Å². The van der Waals surface area contributed by atoms with Crippen molar-refractivity contribution in [2.45, 2.75) is 18.6 Å². The van der Waals surface area contributed by atoms with Gasteiger partial charge in [-0.3, -0.25) is 4.79 Å². The molecule has 33 heavy (non-hydrogen) atoms. The first-order valence-corrected chi connectivity index (χ1v) is 9.62. The van der Waals surface area contributed by atoms with Gasteiger partial charge in [0, 0.05) is 27.5 Å². The van der Waals surface area contributed by atoms with E-state index in [1.165, 1.54) is 24.3 Å². The zero-order chi connectivity index (χ0) is 24.4. The number of halogens is 7. The predicted octanol–water partition coefficient (Wildman–Crippen LogP) is 6.73. The maximum atomic E-state index is 13.0. The molecule has 0 heterocycles. The second kappa shape index (κ2) is 9.32. The number of benzene rings is 3. The lowest BCUT2D eigenvalue weighted by Crippen LogP contribution is -2.17. The Morgan fingerprint density at radius 2 is 1.27 bits per heavy atom. The van der Waals surface area contributed by atoms with Gasteiger partial charge in [0.25, 0.3) is 5.91 Å². The van der Waals surface area contributed by atoms with Gasteiger partial charge in [-0.2, -0.15) is 26.3 Å². The molecule has 0 spiro atoms. The van der Waals surface area contributed by atoms with Crippen LogP contribution in [0.25, 0.3) is 0 Å². The molecule has 0 aliphatic carbocycles. The molecule has 1 amide bonds. The maximum Gasteiger partial charge on any atom is 0.416 e. The third-order valence-corrected chi connectivity index (χ3v) is 4.73. The molecule has 4 nitrogen and oxygen atoms in total. The van der Waals surface area contributed by atoms with Gasteiger partial charge in [-0.1, -0.05) is 23.7 Å². The van der Waals surface area contributed by atoms with Gasteiger partial charge in [0.15, 0.2) is 6.23 Å². The van der Waals surface area contributed by atoms with Crippen LogP contribution < -0.4 is 10.6 Å². The standard InChI is InChI=1S/C22H15ClF6N2O2/c23-16-3-7-18(8-4-16)30-19(32)12-1-5-17(6-2-12)31-20(33)13-9-14(21(24,25)26)11-15(10-13)22(27,28)29/h1-11,19,30,32H,(H,31,33). The molecule has 3 N–H and O–H groups in total. The Bertz CT molecular complexity index is 1100. The fourth-order valence-corrected chi connectivity index (χ4v) is 2.95. The maximum absolute atomic E-state index is 13.0. The summed E-state index contributed by atoms with van der Waals surface area (Å²) >= 11 is 5.79. The van der Waals surface area contributed by atoms with E-state index in [-0.39, 0.29) is 11.8 Å². The highest BCUT2D eigenvalue weighted by atomic mass is 35.5. The quantitative estimate of drug-likeness (QED) is 0.275. The Labute approximate surface area is 188 Å². The van der Waals surface area contributed by atoms with E-state index in [0.717, 1.165) is 0 Å². The molecule has 0 fully saturated rings. The molecule has 0 saturated heterocycles. The van der Waals surface area contributed by atoms with Crippen LogP contribution in [0.1, 0.15) is 33.3 Å². The van der Waals surface area contributed by atoms with E-state index in [2.05, 4.69) is 10.6 Å². The normalized spacial score (nSPS) is 12.8. The van der Waals surface area contributed by atoms with Crippen molar-refractivity contribution < 1.29 is 36.2 Å². The number of alkyl halides is 6. The van der Waals surface area contributed by atoms with Crippen LogP contribution in [0.5, 0.6) is 0 Å². The summed E-state index contributed by atoms with van der Waals surface area (Å²) < 4.78 is 77.9. The molecule has 0 saturated carbocycles. The number of carbonyl (C=O) groups excluding carboxylic acids is 1. The van der Waals surface area contributed by atoms with Gasteiger partial charge in [0.1, 0.15) is 0 Å². The summed E-state index contributed by atoms with van der Waals surface area (Å²) in [6, 6.07) is 12.7. The summed E-state index contributed by atoms with van der Waals surface area (Å²) in [5.41, 5.74) is -2.90. The van der Waals surface area contributed by atoms with E-state index >= 15 is 0 Å². The van der Waals surface area contributed by atoms with Crippen LogP contribution in [0.15, 0.2) is 66.7 Å². The largest absolute Gasteiger partial charge is 0.416 e. The van der Waals surface area contributed by atoms with Gasteiger partial charge in [0.2, 0.25) is 0 Å². The Hall–Kier alpha value is -3.24. The monoisotopic (exact) mass is 488 g/mol. The minimum atomic E-state index is -5.06. The third kappa shape index (κ3) is 6.39. The van der Waals surface area contributed by atoms with Crippen molar-refractivity contribution in [1.29, 1.82) is 0 Å². The summed E-state index contributed by atoms with van der Waals surface area (Å²) in [5.74, 6) is -1.15. The Balaban J connectivity index is 1.76. The molecule has 174 valence electrons. The molecule has 3 rings (SSSR count). The van der Waals surface area contributed by atoms with Crippen molar-refractivity contribution in [3.63, 3.8) is 0 Å². The smallest absolute Gasteiger partial charge is 0.369 e. The fraction of sp³-hybridized carbons (Fsp3) is 0.136. The summed E-state index contributed by atoms with van der Waals surface area (Å²) in [6.45, 7) is 0. The number of nitrogens with one attached hydrogen (secondary N) is 2. The van der Waals surface area contributed by atoms with E-state index < -0.39 is 41.2 Å². The molecule has 0 radical (unpaired) electrons. The second-order valence-corrected chi connectivity index (χ2v) is 7.36. The molecular weight excluding hydrogens is 474 g/mol. The van der Waals surface area contributed by atoms with E-state index in [0.29, 0.717) is 28.4 Å². The van der Waals surface area contributed by atoms with Gasteiger partial charge >= 0.3 is 12.4 Å². The van der Waals surface area contributed by atoms with Crippen molar-refractivity contribution in [3.8, 4) is 0 Å². The first-order valence-electron chi connectivity index (χ1n) is 9.24. The predicted molar refractivity (Wildman–Crippen MR) is 111 cm³/mol. The van der Waals surface area contributed by atoms with Gasteiger partial charge < -0.3 is 15.7 Å². The molecule has 0 aliphatic heterocycles. The van der Waals surface area contributed by atoms with Gasteiger partial charge in [-0.05, 0) is 54.6 Å². The Kier molecular flexibility index (Phi) is 6.89. The second-order valence-electron chi connectivity index (χ2n) is 6.92. The van der Waals surface area contributed by atoms with E-state index in [4.69, 9.17) is 11.6 Å². The average molecular weight is 489 g/mol. The van der Waals surface area contributed by atoms with Crippen molar-refractivity contribution in [2.75, 3.05) is 10.6 Å². The molecule has 1 unspecified atom stereocenters. The minimum Gasteiger partial charge on any atom is -0.369 e. The van der Waals surface area contributed by atoms with Crippen LogP contribution in [0.3, 0.4) is 0 Å². The number of aliphatic hydroxyl groups excluding tert-OH is 1. The molecule has 3 aromatic rings. The number of hydrogen-bond donors (Lipinski definition) is 3. The highest BCUT2D eigenvalue weighted by molar-refractivity contribution is 6.30. The molecule has 1 atom stereocenters. The molecule has 0 aromatic heterocycles. The fourth-order valence-electron chi connectivity index (χ4n) is 2.83. The van der Waals surface area contributed by atoms with E-state index in [9.17, 15) is 36.2 Å². The van der Waals surface area contributed by atoms with Crippen LogP contribution in [0, 0.1) is 0 Å². The van der Waals surface area contributed by atoms with Crippen LogP contribution in [-0.4, -0.2) is 11.0 Å². The molecule has 3 aromatic carbocycles. The first-order chi connectivity index (χ1) is 15.3. The average Bonchev–Trinajstić information content (AvgIpc) is 2.74. The lowest BCUT2D eigenvalue weighted by Gasteiger charge is -2.16. The summed E-state index contributed by atoms with van der Waals surface area (Å²) in [7, 11) is 0. The van der Waals surface area contributed by atoms with Crippen LogP contribution in [0.4, 0.5) is 37.7 Å². The Morgan fingerprint density at radius 3 is 1.76 bits per heavy atom. The zero-order valence-electron chi connectivity index (χ0n) is 16.4. The van der Waals surface area contributed by atoms with Crippen molar-refractivity contribution >= 4 is 28.9 Å². The number of carbonyl (C=O) groups is 1. The Morgan fingerprint density at radius 1 is 0.788 bits per heavy atom. The number of amides is 1. The summed E-state index contributed by atoms with van der Waals surface area (Å²) in [4.78, 5) is 12.3. The van der Waals surface area contributed by atoms with E-state index in [1.807, 2.05) is 0 Å². The summed E-state index contributed by atoms with van der Waals surface area (Å²) in [6.07, 6.45) is -11.3. The lowest BCUT2D eigenvalue weighted by atomic mass is 10.0. The van der Waals surface area contributed by atoms with Crippen molar-refractivity contribution in [2.24, 2.45) is 0 Å². The van der Waals surface area contributed by atoms with Gasteiger partial charge in [-0.15, -0.1) is 0 Å². The highest BCUT2D eigenvalue weighted by Crippen LogP contribution is 2.36. The SMILES string of the molecule is O=C(Nc1ccc(C(O)Nc2ccc(Cl)cc2)cc1)c1cc(C(F)(F)F)cc(C(F)(F)F)c1. The zero-order valence-corrected chi connectivity index (χ0v) is 17.2. The third-order valence-electron chi connectivity index (χ3n) is 4.48. The number of anilines is 2. The molecule has 0 bridgehead atoms. The van der Waals surface area contributed by atoms with Crippen LogP contribution >= 0.6 is 11.6 Å². The number of aliphatic hydroxyl groups is 1. The molecule has 0 aliphatic rings. The minimum absolute atomic E-state index is 0.0549. The van der Waals surface area contributed by atoms with Gasteiger partial charge in [0.05, 0.1) is 11.1 Å². The first kappa shape index (κ1) is 24.4. The molecule has 11 heteroatoms. The lowest BCUT2D eigenvalue weighted by molar-refractivity contribution is -0.143. The van der Waals surface area contributed by atoms with Crippen molar-refractivity contribution in [3.05, 3.63) is 94.0 Å². The van der Waals surface area contributed by atoms with Crippen LogP contribution in [0.2, 0.25) is 5.02 Å². The number of rotatable bonds is 5. The van der Waals surface area contributed by atoms with Gasteiger partial charge in [-0.25, -0.2) is 0 Å². The van der Waals surface area contributed by atoms with Crippen LogP contribution in [-0.2, 0) is 12.4 Å². The summed E-state index contributed by atoms with van der Waals surface area (Å²) in [5, 5.41) is 15.8. The number of hydrogen-bond acceptors (Lipinski definition) is 3. The highest BCUT2D eigenvalue weighted by Gasteiger charge is 2.37. The topological polar surface area (TPSA) is 61.4 Å². The molecular formula is C22H15ClF6N2O2.